The second kappa shape index (κ2) is 5.09. The van der Waals surface area contributed by atoms with E-state index in [1.54, 1.807) is 12.4 Å². The highest BCUT2D eigenvalue weighted by molar-refractivity contribution is 5.57. The van der Waals surface area contributed by atoms with Gasteiger partial charge in [0.1, 0.15) is 12.4 Å². The van der Waals surface area contributed by atoms with Gasteiger partial charge in [0.25, 0.3) is 5.69 Å². The maximum Gasteiger partial charge on any atom is 0.273 e. The van der Waals surface area contributed by atoms with Crippen molar-refractivity contribution in [2.45, 2.75) is 6.61 Å². The second-order valence-corrected chi connectivity index (χ2v) is 3.46. The molecule has 0 aliphatic carbocycles. The van der Waals surface area contributed by atoms with E-state index in [1.165, 1.54) is 24.4 Å². The molecule has 1 heterocycles. The maximum atomic E-state index is 10.6. The topological polar surface area (TPSA) is 104 Å². The van der Waals surface area contributed by atoms with E-state index in [-0.39, 0.29) is 18.0 Å². The van der Waals surface area contributed by atoms with E-state index in [9.17, 15) is 10.1 Å². The van der Waals surface area contributed by atoms with E-state index in [4.69, 9.17) is 10.5 Å². The van der Waals surface area contributed by atoms with Crippen LogP contribution < -0.4 is 10.5 Å². The van der Waals surface area contributed by atoms with Crippen LogP contribution >= 0.6 is 0 Å². The van der Waals surface area contributed by atoms with Crippen molar-refractivity contribution in [3.05, 3.63) is 52.6 Å². The third-order valence-corrected chi connectivity index (χ3v) is 2.20. The quantitative estimate of drug-likeness (QED) is 0.498. The molecule has 0 radical (unpaired) electrons. The van der Waals surface area contributed by atoms with Crippen LogP contribution in [0.15, 0.2) is 36.8 Å². The van der Waals surface area contributed by atoms with Gasteiger partial charge in [0.2, 0.25) is 0 Å². The van der Waals surface area contributed by atoms with Gasteiger partial charge in [-0.15, -0.1) is 0 Å². The van der Waals surface area contributed by atoms with Crippen molar-refractivity contribution in [3.63, 3.8) is 0 Å². The first kappa shape index (κ1) is 11.8. The molecule has 0 bridgehead atoms. The van der Waals surface area contributed by atoms with Gasteiger partial charge >= 0.3 is 0 Å². The van der Waals surface area contributed by atoms with Crippen LogP contribution in [-0.2, 0) is 6.61 Å². The third-order valence-electron chi connectivity index (χ3n) is 2.20. The highest BCUT2D eigenvalue weighted by Gasteiger charge is 2.10. The number of rotatable bonds is 4. The molecular formula is C11H10N4O3. The number of anilines is 1. The van der Waals surface area contributed by atoms with Gasteiger partial charge in [-0.1, -0.05) is 0 Å². The highest BCUT2D eigenvalue weighted by Crippen LogP contribution is 2.27. The van der Waals surface area contributed by atoms with Crippen LogP contribution in [0, 0.1) is 10.1 Å². The van der Waals surface area contributed by atoms with Gasteiger partial charge in [-0.3, -0.25) is 20.1 Å². The molecule has 2 rings (SSSR count). The predicted molar refractivity (Wildman–Crippen MR) is 63.9 cm³/mol. The summed E-state index contributed by atoms with van der Waals surface area (Å²) in [5, 5.41) is 10.6. The van der Waals surface area contributed by atoms with E-state index in [2.05, 4.69) is 9.97 Å². The average molecular weight is 246 g/mol. The Bertz CT molecular complexity index is 559. The fourth-order valence-corrected chi connectivity index (χ4v) is 1.32. The van der Waals surface area contributed by atoms with Crippen molar-refractivity contribution in [1.29, 1.82) is 0 Å². The minimum Gasteiger partial charge on any atom is -0.485 e. The van der Waals surface area contributed by atoms with Crippen molar-refractivity contribution in [3.8, 4) is 5.75 Å². The Morgan fingerprint density at radius 2 is 2.22 bits per heavy atom. The number of nitrogen functional groups attached to an aromatic ring is 1. The zero-order valence-electron chi connectivity index (χ0n) is 9.31. The Hall–Kier alpha value is -2.70. The standard InChI is InChI=1S/C11H10N4O3/c12-10-2-1-9(15(16)17)5-11(10)18-7-8-6-13-3-4-14-8/h1-6H,7,12H2. The summed E-state index contributed by atoms with van der Waals surface area (Å²) in [4.78, 5) is 18.0. The largest absolute Gasteiger partial charge is 0.485 e. The van der Waals surface area contributed by atoms with Crippen LogP contribution in [0.3, 0.4) is 0 Å². The van der Waals surface area contributed by atoms with Gasteiger partial charge in [0.05, 0.1) is 28.6 Å². The summed E-state index contributed by atoms with van der Waals surface area (Å²) in [6.07, 6.45) is 4.63. The van der Waals surface area contributed by atoms with Gasteiger partial charge < -0.3 is 10.5 Å². The molecule has 0 atom stereocenters. The second-order valence-electron chi connectivity index (χ2n) is 3.46. The van der Waals surface area contributed by atoms with Crippen LogP contribution in [-0.4, -0.2) is 14.9 Å². The Kier molecular flexibility index (Phi) is 3.33. The molecule has 92 valence electrons. The Morgan fingerprint density at radius 3 is 2.89 bits per heavy atom. The highest BCUT2D eigenvalue weighted by atomic mass is 16.6. The number of hydrogen-bond donors (Lipinski definition) is 1. The summed E-state index contributed by atoms with van der Waals surface area (Å²) in [6, 6.07) is 4.04. The van der Waals surface area contributed by atoms with Crippen LogP contribution in [0.25, 0.3) is 0 Å². The molecular weight excluding hydrogens is 236 g/mol. The van der Waals surface area contributed by atoms with Gasteiger partial charge in [0.15, 0.2) is 0 Å². The van der Waals surface area contributed by atoms with Gasteiger partial charge in [-0.2, -0.15) is 0 Å². The summed E-state index contributed by atoms with van der Waals surface area (Å²) >= 11 is 0. The third kappa shape index (κ3) is 2.70. The SMILES string of the molecule is Nc1ccc([N+](=O)[O-])cc1OCc1cnccn1. The minimum atomic E-state index is -0.505. The number of hydrogen-bond acceptors (Lipinski definition) is 6. The molecule has 0 aliphatic rings. The number of nitrogens with two attached hydrogens (primary N) is 1. The van der Waals surface area contributed by atoms with E-state index in [0.29, 0.717) is 11.4 Å². The number of nitro groups is 1. The number of non-ortho nitro benzene ring substituents is 1. The average Bonchev–Trinajstić information content (AvgIpc) is 2.38. The van der Waals surface area contributed by atoms with Crippen LogP contribution in [0.5, 0.6) is 5.75 Å². The number of nitrogens with zero attached hydrogens (tertiary/aromatic N) is 3. The Morgan fingerprint density at radius 1 is 1.39 bits per heavy atom. The molecule has 0 saturated heterocycles. The molecule has 1 aromatic heterocycles. The summed E-state index contributed by atoms with van der Waals surface area (Å²) in [6.45, 7) is 0.152. The lowest BCUT2D eigenvalue weighted by Gasteiger charge is -2.07. The van der Waals surface area contributed by atoms with Crippen molar-refractivity contribution in [2.24, 2.45) is 0 Å². The number of aromatic nitrogens is 2. The lowest BCUT2D eigenvalue weighted by Crippen LogP contribution is -2.01. The van der Waals surface area contributed by atoms with Crippen molar-refractivity contribution >= 4 is 11.4 Å². The Balaban J connectivity index is 2.14. The molecule has 0 unspecified atom stereocenters. The first-order valence-electron chi connectivity index (χ1n) is 5.08. The summed E-state index contributed by atoms with van der Waals surface area (Å²) < 4.78 is 5.38. The number of nitro benzene ring substituents is 1. The summed E-state index contributed by atoms with van der Waals surface area (Å²) in [5.41, 5.74) is 6.55. The van der Waals surface area contributed by atoms with Crippen molar-refractivity contribution in [2.75, 3.05) is 5.73 Å². The van der Waals surface area contributed by atoms with Gasteiger partial charge in [-0.05, 0) is 6.07 Å². The monoisotopic (exact) mass is 246 g/mol. The van der Waals surface area contributed by atoms with Crippen LogP contribution in [0.1, 0.15) is 5.69 Å². The Labute approximate surface area is 102 Å². The smallest absolute Gasteiger partial charge is 0.273 e. The molecule has 7 heteroatoms. The molecule has 1 aromatic carbocycles. The lowest BCUT2D eigenvalue weighted by molar-refractivity contribution is -0.384. The fourth-order valence-electron chi connectivity index (χ4n) is 1.32. The molecule has 7 nitrogen and oxygen atoms in total. The maximum absolute atomic E-state index is 10.6. The molecule has 0 amide bonds. The molecule has 0 aliphatic heterocycles. The van der Waals surface area contributed by atoms with E-state index >= 15 is 0 Å². The molecule has 2 aromatic rings. The normalized spacial score (nSPS) is 10.0. The first-order chi connectivity index (χ1) is 8.66. The zero-order valence-corrected chi connectivity index (χ0v) is 9.31. The first-order valence-corrected chi connectivity index (χ1v) is 5.08. The molecule has 0 spiro atoms. The van der Waals surface area contributed by atoms with Gasteiger partial charge in [-0.25, -0.2) is 0 Å². The number of ether oxygens (including phenoxy) is 1. The van der Waals surface area contributed by atoms with E-state index < -0.39 is 4.92 Å². The van der Waals surface area contributed by atoms with Crippen LogP contribution in [0.4, 0.5) is 11.4 Å². The fraction of sp³-hybridized carbons (Fsp3) is 0.0909. The molecule has 0 fully saturated rings. The zero-order chi connectivity index (χ0) is 13.0. The van der Waals surface area contributed by atoms with Crippen LogP contribution in [0.2, 0.25) is 0 Å². The minimum absolute atomic E-state index is 0.0710. The predicted octanol–water partition coefficient (Wildman–Crippen LogP) is 1.55. The van der Waals surface area contributed by atoms with Crippen molar-refractivity contribution in [1.82, 2.24) is 9.97 Å². The summed E-state index contributed by atoms with van der Waals surface area (Å²) in [5.74, 6) is 0.259. The number of benzene rings is 1. The van der Waals surface area contributed by atoms with Crippen molar-refractivity contribution < 1.29 is 9.66 Å². The van der Waals surface area contributed by atoms with E-state index in [1.807, 2.05) is 0 Å². The molecule has 0 saturated carbocycles. The molecule has 2 N–H and O–H groups in total. The molecule has 18 heavy (non-hydrogen) atoms. The summed E-state index contributed by atoms with van der Waals surface area (Å²) in [7, 11) is 0. The van der Waals surface area contributed by atoms with E-state index in [0.717, 1.165) is 0 Å². The van der Waals surface area contributed by atoms with Gasteiger partial charge in [0, 0.05) is 18.5 Å². The lowest BCUT2D eigenvalue weighted by atomic mass is 10.2.